The molecule has 1 atom stereocenters. The van der Waals surface area contributed by atoms with E-state index in [2.05, 4.69) is 10.3 Å². The van der Waals surface area contributed by atoms with Gasteiger partial charge in [0.2, 0.25) is 5.91 Å². The molecule has 1 fully saturated rings. The number of para-hydroxylation sites is 1. The van der Waals surface area contributed by atoms with E-state index in [1.165, 1.54) is 0 Å². The largest absolute Gasteiger partial charge is 0.387 e. The Labute approximate surface area is 135 Å². The van der Waals surface area contributed by atoms with Crippen molar-refractivity contribution < 1.29 is 9.90 Å². The predicted molar refractivity (Wildman–Crippen MR) is 86.8 cm³/mol. The molecule has 0 radical (unpaired) electrons. The molecule has 0 spiro atoms. The van der Waals surface area contributed by atoms with Crippen molar-refractivity contribution in [1.82, 2.24) is 24.8 Å². The first-order chi connectivity index (χ1) is 11.0. The van der Waals surface area contributed by atoms with E-state index in [9.17, 15) is 9.90 Å². The number of likely N-dealkylation sites (tertiary alicyclic amines) is 1. The quantitative estimate of drug-likeness (QED) is 0.861. The number of benzene rings is 1. The number of aryl methyl sites for hydroxylation is 1. The van der Waals surface area contributed by atoms with E-state index >= 15 is 0 Å². The van der Waals surface area contributed by atoms with Gasteiger partial charge >= 0.3 is 0 Å². The minimum absolute atomic E-state index is 0.0549. The second-order valence-electron chi connectivity index (χ2n) is 6.58. The summed E-state index contributed by atoms with van der Waals surface area (Å²) in [7, 11) is 3.86. The van der Waals surface area contributed by atoms with Crippen molar-refractivity contribution >= 4 is 16.9 Å². The van der Waals surface area contributed by atoms with Crippen LogP contribution in [0, 0.1) is 0 Å². The lowest BCUT2D eigenvalue weighted by Gasteiger charge is -2.26. The molecule has 23 heavy (non-hydrogen) atoms. The van der Waals surface area contributed by atoms with Crippen molar-refractivity contribution in [3.05, 3.63) is 24.3 Å². The normalized spacial score (nSPS) is 21.5. The molecule has 124 valence electrons. The van der Waals surface area contributed by atoms with Gasteiger partial charge in [0.05, 0.1) is 24.2 Å². The molecule has 7 nitrogen and oxygen atoms in total. The van der Waals surface area contributed by atoms with Gasteiger partial charge in [0.1, 0.15) is 5.52 Å². The molecule has 7 heteroatoms. The first kappa shape index (κ1) is 15.9. The third-order valence-corrected chi connectivity index (χ3v) is 4.25. The van der Waals surface area contributed by atoms with Crippen LogP contribution in [0.1, 0.15) is 12.8 Å². The molecule has 1 aliphatic rings. The summed E-state index contributed by atoms with van der Waals surface area (Å²) >= 11 is 0. The summed E-state index contributed by atoms with van der Waals surface area (Å²) in [6, 6.07) is 7.71. The maximum absolute atomic E-state index is 12.4. The van der Waals surface area contributed by atoms with Gasteiger partial charge in [-0.1, -0.05) is 17.3 Å². The van der Waals surface area contributed by atoms with Crippen LogP contribution < -0.4 is 0 Å². The van der Waals surface area contributed by atoms with E-state index in [1.807, 2.05) is 43.3 Å². The molecule has 1 aliphatic heterocycles. The minimum Gasteiger partial charge on any atom is -0.387 e. The van der Waals surface area contributed by atoms with Crippen LogP contribution in [0.3, 0.4) is 0 Å². The van der Waals surface area contributed by atoms with Gasteiger partial charge in [-0.3, -0.25) is 4.79 Å². The number of likely N-dealkylation sites (N-methyl/N-ethyl adjacent to an activating group) is 1. The highest BCUT2D eigenvalue weighted by Crippen LogP contribution is 2.22. The number of rotatable bonds is 5. The maximum atomic E-state index is 12.4. The second kappa shape index (κ2) is 6.25. The Kier molecular flexibility index (Phi) is 4.32. The highest BCUT2D eigenvalue weighted by atomic mass is 16.3. The summed E-state index contributed by atoms with van der Waals surface area (Å²) in [6.07, 6.45) is 0.995. The van der Waals surface area contributed by atoms with Crippen molar-refractivity contribution in [2.24, 2.45) is 0 Å². The number of β-amino-alcohol motifs (C(OH)–C–C–N with tert-alkyl or cyclic N) is 1. The number of hydrogen-bond donors (Lipinski definition) is 1. The fourth-order valence-electron chi connectivity index (χ4n) is 3.23. The highest BCUT2D eigenvalue weighted by Gasteiger charge is 2.38. The van der Waals surface area contributed by atoms with Crippen LogP contribution in [0.15, 0.2) is 24.3 Å². The van der Waals surface area contributed by atoms with Gasteiger partial charge in [0, 0.05) is 19.5 Å². The lowest BCUT2D eigenvalue weighted by atomic mass is 10.0. The molecule has 0 saturated carbocycles. The van der Waals surface area contributed by atoms with Crippen molar-refractivity contribution in [3.8, 4) is 0 Å². The molecular formula is C16H23N5O2. The second-order valence-corrected chi connectivity index (χ2v) is 6.58. The topological polar surface area (TPSA) is 74.5 Å². The summed E-state index contributed by atoms with van der Waals surface area (Å²) < 4.78 is 1.76. The van der Waals surface area contributed by atoms with E-state index in [0.717, 1.165) is 11.0 Å². The zero-order valence-corrected chi connectivity index (χ0v) is 13.6. The number of fused-ring (bicyclic) bond motifs is 1. The SMILES string of the molecule is CN(C)C[C@@]1(O)CCN(C(=O)CCn2nnc3ccccc32)C1. The Bertz CT molecular complexity index is 699. The Morgan fingerprint density at radius 2 is 2.17 bits per heavy atom. The molecule has 0 unspecified atom stereocenters. The summed E-state index contributed by atoms with van der Waals surface area (Å²) in [6.45, 7) is 2.09. The Hall–Kier alpha value is -1.99. The van der Waals surface area contributed by atoms with Crippen LogP contribution in [0.2, 0.25) is 0 Å². The molecule has 1 amide bonds. The van der Waals surface area contributed by atoms with Crippen LogP contribution in [0.4, 0.5) is 0 Å². The predicted octanol–water partition coefficient (Wildman–Crippen LogP) is 0.346. The molecule has 1 N–H and O–H groups in total. The van der Waals surface area contributed by atoms with Crippen molar-refractivity contribution in [2.75, 3.05) is 33.7 Å². The molecule has 0 aliphatic carbocycles. The Morgan fingerprint density at radius 3 is 2.96 bits per heavy atom. The number of aromatic nitrogens is 3. The van der Waals surface area contributed by atoms with E-state index in [4.69, 9.17) is 0 Å². The van der Waals surface area contributed by atoms with Gasteiger partial charge in [0.15, 0.2) is 0 Å². The molecule has 1 saturated heterocycles. The molecule has 2 heterocycles. The van der Waals surface area contributed by atoms with Gasteiger partial charge in [-0.05, 0) is 32.6 Å². The van der Waals surface area contributed by atoms with E-state index in [-0.39, 0.29) is 5.91 Å². The minimum atomic E-state index is -0.793. The first-order valence-electron chi connectivity index (χ1n) is 7.90. The molecular weight excluding hydrogens is 294 g/mol. The van der Waals surface area contributed by atoms with Crippen LogP contribution in [0.5, 0.6) is 0 Å². The van der Waals surface area contributed by atoms with Gasteiger partial charge in [-0.2, -0.15) is 0 Å². The number of carbonyl (C=O) groups is 1. The number of aliphatic hydroxyl groups is 1. The van der Waals surface area contributed by atoms with Gasteiger partial charge < -0.3 is 14.9 Å². The van der Waals surface area contributed by atoms with Gasteiger partial charge in [-0.15, -0.1) is 5.10 Å². The van der Waals surface area contributed by atoms with E-state index < -0.39 is 5.60 Å². The zero-order chi connectivity index (χ0) is 16.4. The number of nitrogens with zero attached hydrogens (tertiary/aromatic N) is 5. The van der Waals surface area contributed by atoms with Gasteiger partial charge in [-0.25, -0.2) is 4.68 Å². The smallest absolute Gasteiger partial charge is 0.224 e. The average Bonchev–Trinajstić information content (AvgIpc) is 3.08. The molecule has 2 aromatic rings. The maximum Gasteiger partial charge on any atom is 0.224 e. The lowest BCUT2D eigenvalue weighted by Crippen LogP contribution is -2.43. The summed E-state index contributed by atoms with van der Waals surface area (Å²) in [4.78, 5) is 16.1. The fraction of sp³-hybridized carbons (Fsp3) is 0.562. The van der Waals surface area contributed by atoms with E-state index in [1.54, 1.807) is 9.58 Å². The molecule has 1 aromatic heterocycles. The third-order valence-electron chi connectivity index (χ3n) is 4.25. The van der Waals surface area contributed by atoms with Gasteiger partial charge in [0.25, 0.3) is 0 Å². The monoisotopic (exact) mass is 317 g/mol. The number of amides is 1. The highest BCUT2D eigenvalue weighted by molar-refractivity contribution is 5.77. The Balaban J connectivity index is 1.58. The van der Waals surface area contributed by atoms with Crippen molar-refractivity contribution in [1.29, 1.82) is 0 Å². The van der Waals surface area contributed by atoms with Crippen LogP contribution >= 0.6 is 0 Å². The summed E-state index contributed by atoms with van der Waals surface area (Å²) in [5.41, 5.74) is 0.978. The molecule has 3 rings (SSSR count). The molecule has 0 bridgehead atoms. The average molecular weight is 317 g/mol. The Morgan fingerprint density at radius 1 is 1.39 bits per heavy atom. The van der Waals surface area contributed by atoms with Crippen molar-refractivity contribution in [3.63, 3.8) is 0 Å². The molecule has 1 aromatic carbocycles. The third kappa shape index (κ3) is 3.51. The first-order valence-corrected chi connectivity index (χ1v) is 7.90. The van der Waals surface area contributed by atoms with Crippen LogP contribution in [-0.2, 0) is 11.3 Å². The number of hydrogen-bond acceptors (Lipinski definition) is 5. The van der Waals surface area contributed by atoms with Crippen LogP contribution in [0.25, 0.3) is 11.0 Å². The van der Waals surface area contributed by atoms with E-state index in [0.29, 0.717) is 39.0 Å². The zero-order valence-electron chi connectivity index (χ0n) is 13.6. The fourth-order valence-corrected chi connectivity index (χ4v) is 3.23. The lowest BCUT2D eigenvalue weighted by molar-refractivity contribution is -0.131. The summed E-state index contributed by atoms with van der Waals surface area (Å²) in [5, 5.41) is 18.7. The number of carbonyl (C=O) groups excluding carboxylic acids is 1. The van der Waals surface area contributed by atoms with Crippen molar-refractivity contribution in [2.45, 2.75) is 25.0 Å². The van der Waals surface area contributed by atoms with Crippen LogP contribution in [-0.4, -0.2) is 75.1 Å². The summed E-state index contributed by atoms with van der Waals surface area (Å²) in [5.74, 6) is 0.0549. The standard InChI is InChI=1S/C16H23N5O2/c1-19(2)11-16(23)8-10-20(12-16)15(22)7-9-21-14-6-4-3-5-13(14)17-18-21/h3-6,23H,7-12H2,1-2H3/t16-/m0/s1.